The summed E-state index contributed by atoms with van der Waals surface area (Å²) in [7, 11) is 2.92. The summed E-state index contributed by atoms with van der Waals surface area (Å²) in [6.45, 7) is 0.494. The smallest absolute Gasteiger partial charge is 0.240 e. The van der Waals surface area contributed by atoms with Gasteiger partial charge in [-0.2, -0.15) is 0 Å². The number of carbonyl (C=O) groups excluding carboxylic acids is 1. The molecule has 0 aromatic carbocycles. The first-order valence-corrected chi connectivity index (χ1v) is 5.76. The van der Waals surface area contributed by atoms with Gasteiger partial charge < -0.3 is 24.5 Å². The zero-order valence-electron chi connectivity index (χ0n) is 11.0. The van der Waals surface area contributed by atoms with Gasteiger partial charge in [-0.1, -0.05) is 0 Å². The number of aromatic nitrogens is 1. The third-order valence-corrected chi connectivity index (χ3v) is 2.51. The number of carbonyl (C=O) groups is 1. The maximum absolute atomic E-state index is 11.7. The number of methoxy groups -OCH3 is 2. The summed E-state index contributed by atoms with van der Waals surface area (Å²) in [4.78, 5) is 23.2. The van der Waals surface area contributed by atoms with Gasteiger partial charge in [0.1, 0.15) is 6.54 Å². The highest BCUT2D eigenvalue weighted by molar-refractivity contribution is 5.75. The average Bonchev–Trinajstić information content (AvgIpc) is 2.40. The Balaban J connectivity index is 2.81. The van der Waals surface area contributed by atoms with Gasteiger partial charge in [0.05, 0.1) is 26.5 Å². The Morgan fingerprint density at radius 3 is 2.79 bits per heavy atom. The Morgan fingerprint density at radius 1 is 1.47 bits per heavy atom. The van der Waals surface area contributed by atoms with Gasteiger partial charge in [0.25, 0.3) is 0 Å². The van der Waals surface area contributed by atoms with E-state index in [1.165, 1.54) is 23.9 Å². The number of nitrogens with one attached hydrogen (secondary N) is 1. The minimum absolute atomic E-state index is 0.00372. The molecule has 2 N–H and O–H groups in total. The van der Waals surface area contributed by atoms with Gasteiger partial charge in [-0.25, -0.2) is 0 Å². The van der Waals surface area contributed by atoms with Crippen LogP contribution in [0.5, 0.6) is 5.75 Å². The monoisotopic (exact) mass is 270 g/mol. The standard InChI is InChI=1S/C12H18N2O5/c1-18-4-3-13-12(17)7-14-6-11(19-2)10(16)5-9(14)8-15/h5-6,15H,3-4,7-8H2,1-2H3,(H,13,17). The molecule has 0 fully saturated rings. The van der Waals surface area contributed by atoms with Crippen LogP contribution in [-0.2, 0) is 22.7 Å². The zero-order chi connectivity index (χ0) is 14.3. The second kappa shape index (κ2) is 7.55. The fourth-order valence-corrected chi connectivity index (χ4v) is 1.53. The van der Waals surface area contributed by atoms with Crippen molar-refractivity contribution in [1.29, 1.82) is 0 Å². The highest BCUT2D eigenvalue weighted by Crippen LogP contribution is 2.06. The number of aliphatic hydroxyl groups excluding tert-OH is 1. The molecule has 0 atom stereocenters. The van der Waals surface area contributed by atoms with Crippen molar-refractivity contribution >= 4 is 5.91 Å². The first kappa shape index (κ1) is 15.2. The minimum atomic E-state index is -0.331. The van der Waals surface area contributed by atoms with E-state index in [1.807, 2.05) is 0 Å². The molecule has 19 heavy (non-hydrogen) atoms. The maximum atomic E-state index is 11.7. The molecule has 0 aliphatic rings. The van der Waals surface area contributed by atoms with E-state index in [1.54, 1.807) is 7.11 Å². The average molecular weight is 270 g/mol. The van der Waals surface area contributed by atoms with Crippen molar-refractivity contribution in [1.82, 2.24) is 9.88 Å². The molecule has 0 aliphatic heterocycles. The second-order valence-electron chi connectivity index (χ2n) is 3.83. The largest absolute Gasteiger partial charge is 0.491 e. The summed E-state index contributed by atoms with van der Waals surface area (Å²) in [5.41, 5.74) is 0.0234. The zero-order valence-corrected chi connectivity index (χ0v) is 11.0. The number of rotatable bonds is 7. The summed E-state index contributed by atoms with van der Waals surface area (Å²) in [6.07, 6.45) is 1.41. The number of nitrogens with zero attached hydrogens (tertiary/aromatic N) is 1. The van der Waals surface area contributed by atoms with E-state index < -0.39 is 0 Å². The number of aliphatic hydroxyl groups is 1. The molecule has 7 nitrogen and oxygen atoms in total. The molecule has 0 radical (unpaired) electrons. The molecular formula is C12H18N2O5. The fourth-order valence-electron chi connectivity index (χ4n) is 1.53. The third kappa shape index (κ3) is 4.38. The summed E-state index contributed by atoms with van der Waals surface area (Å²) in [5.74, 6) is -0.112. The number of pyridine rings is 1. The molecule has 0 bridgehead atoms. The molecule has 0 spiro atoms. The number of hydrogen-bond donors (Lipinski definition) is 2. The van der Waals surface area contributed by atoms with Gasteiger partial charge in [0.2, 0.25) is 11.3 Å². The topological polar surface area (TPSA) is 89.8 Å². The van der Waals surface area contributed by atoms with E-state index in [9.17, 15) is 14.7 Å². The highest BCUT2D eigenvalue weighted by atomic mass is 16.5. The SMILES string of the molecule is COCCNC(=O)Cn1cc(OC)c(=O)cc1CO. The second-order valence-corrected chi connectivity index (χ2v) is 3.83. The molecule has 0 unspecified atom stereocenters. The van der Waals surface area contributed by atoms with Gasteiger partial charge in [-0.3, -0.25) is 9.59 Å². The molecule has 0 saturated carbocycles. The van der Waals surface area contributed by atoms with Crippen LogP contribution in [-0.4, -0.2) is 43.0 Å². The van der Waals surface area contributed by atoms with E-state index in [-0.39, 0.29) is 30.2 Å². The van der Waals surface area contributed by atoms with Gasteiger partial charge in [-0.05, 0) is 0 Å². The predicted octanol–water partition coefficient (Wildman–Crippen LogP) is -0.888. The summed E-state index contributed by atoms with van der Waals surface area (Å²) in [6, 6.07) is 1.25. The van der Waals surface area contributed by atoms with Gasteiger partial charge in [-0.15, -0.1) is 0 Å². The van der Waals surface area contributed by atoms with E-state index in [2.05, 4.69) is 5.32 Å². The van der Waals surface area contributed by atoms with E-state index in [0.717, 1.165) is 0 Å². The van der Waals surface area contributed by atoms with E-state index in [4.69, 9.17) is 9.47 Å². The molecule has 1 aromatic rings. The third-order valence-electron chi connectivity index (χ3n) is 2.51. The lowest BCUT2D eigenvalue weighted by Crippen LogP contribution is -2.31. The predicted molar refractivity (Wildman–Crippen MR) is 68.1 cm³/mol. The lowest BCUT2D eigenvalue weighted by Gasteiger charge is -2.13. The van der Waals surface area contributed by atoms with Crippen LogP contribution in [0.25, 0.3) is 0 Å². The number of ether oxygens (including phenoxy) is 2. The van der Waals surface area contributed by atoms with Gasteiger partial charge >= 0.3 is 0 Å². The molecule has 1 rings (SSSR count). The van der Waals surface area contributed by atoms with Crippen molar-refractivity contribution in [3.8, 4) is 5.75 Å². The molecule has 1 amide bonds. The molecule has 1 heterocycles. The van der Waals surface area contributed by atoms with E-state index in [0.29, 0.717) is 18.8 Å². The lowest BCUT2D eigenvalue weighted by molar-refractivity contribution is -0.121. The Bertz CT molecular complexity index is 483. The first-order valence-electron chi connectivity index (χ1n) is 5.76. The molecule has 0 saturated heterocycles. The van der Waals surface area contributed by atoms with Gasteiger partial charge in [0, 0.05) is 25.4 Å². The van der Waals surface area contributed by atoms with Crippen LogP contribution < -0.4 is 15.5 Å². The van der Waals surface area contributed by atoms with Crippen LogP contribution >= 0.6 is 0 Å². The van der Waals surface area contributed by atoms with E-state index >= 15 is 0 Å². The molecule has 1 aromatic heterocycles. The Kier molecular flexibility index (Phi) is 6.04. The minimum Gasteiger partial charge on any atom is -0.491 e. The highest BCUT2D eigenvalue weighted by Gasteiger charge is 2.09. The van der Waals surface area contributed by atoms with Crippen LogP contribution in [0.15, 0.2) is 17.1 Å². The fraction of sp³-hybridized carbons (Fsp3) is 0.500. The van der Waals surface area contributed by atoms with Crippen molar-refractivity contribution in [2.24, 2.45) is 0 Å². The molecule has 7 heteroatoms. The molecule has 106 valence electrons. The van der Waals surface area contributed by atoms with Crippen LogP contribution in [0.1, 0.15) is 5.69 Å². The Labute approximate surface area is 110 Å². The van der Waals surface area contributed by atoms with Crippen molar-refractivity contribution in [3.05, 3.63) is 28.2 Å². The molecular weight excluding hydrogens is 252 g/mol. The van der Waals surface area contributed by atoms with Crippen molar-refractivity contribution in [2.75, 3.05) is 27.4 Å². The maximum Gasteiger partial charge on any atom is 0.240 e. The Hall–Kier alpha value is -1.86. The summed E-state index contributed by atoms with van der Waals surface area (Å²) < 4.78 is 11.2. The van der Waals surface area contributed by atoms with Crippen molar-refractivity contribution in [3.63, 3.8) is 0 Å². The molecule has 0 aliphatic carbocycles. The summed E-state index contributed by atoms with van der Waals surface area (Å²) in [5, 5.41) is 11.8. The van der Waals surface area contributed by atoms with Crippen molar-refractivity contribution < 1.29 is 19.4 Å². The van der Waals surface area contributed by atoms with Crippen molar-refractivity contribution in [2.45, 2.75) is 13.2 Å². The quantitative estimate of drug-likeness (QED) is 0.627. The lowest BCUT2D eigenvalue weighted by atomic mass is 10.3. The number of hydrogen-bond acceptors (Lipinski definition) is 5. The summed E-state index contributed by atoms with van der Waals surface area (Å²) >= 11 is 0. The van der Waals surface area contributed by atoms with Crippen LogP contribution in [0.4, 0.5) is 0 Å². The van der Waals surface area contributed by atoms with Crippen LogP contribution in [0, 0.1) is 0 Å². The van der Waals surface area contributed by atoms with Gasteiger partial charge in [0.15, 0.2) is 5.75 Å². The van der Waals surface area contributed by atoms with Crippen LogP contribution in [0.2, 0.25) is 0 Å². The normalized spacial score (nSPS) is 10.3. The number of amides is 1. The van der Waals surface area contributed by atoms with Crippen LogP contribution in [0.3, 0.4) is 0 Å². The Morgan fingerprint density at radius 2 is 2.21 bits per heavy atom. The first-order chi connectivity index (χ1) is 9.12.